The van der Waals surface area contributed by atoms with Crippen molar-refractivity contribution in [1.82, 2.24) is 5.32 Å². The molecule has 1 aromatic carbocycles. The lowest BCUT2D eigenvalue weighted by atomic mass is 9.95. The first kappa shape index (κ1) is 13.8. The van der Waals surface area contributed by atoms with Crippen LogP contribution in [0.4, 0.5) is 0 Å². The quantitative estimate of drug-likeness (QED) is 0.897. The second-order valence-electron chi connectivity index (χ2n) is 4.80. The van der Waals surface area contributed by atoms with Gasteiger partial charge >= 0.3 is 0 Å². The van der Waals surface area contributed by atoms with Gasteiger partial charge in [-0.25, -0.2) is 0 Å². The number of hydrogen-bond acceptors (Lipinski definition) is 3. The van der Waals surface area contributed by atoms with Crippen LogP contribution in [0.1, 0.15) is 24.8 Å². The molecule has 0 spiro atoms. The van der Waals surface area contributed by atoms with E-state index in [0.29, 0.717) is 6.42 Å². The summed E-state index contributed by atoms with van der Waals surface area (Å²) < 4.78 is 6.14. The molecule has 2 rings (SSSR count). The van der Waals surface area contributed by atoms with Crippen LogP contribution in [0.2, 0.25) is 0 Å². The van der Waals surface area contributed by atoms with Crippen molar-refractivity contribution in [2.45, 2.75) is 37.8 Å². The van der Waals surface area contributed by atoms with Gasteiger partial charge in [-0.15, -0.1) is 0 Å². The van der Waals surface area contributed by atoms with Gasteiger partial charge in [-0.2, -0.15) is 0 Å². The third-order valence-electron chi connectivity index (χ3n) is 3.47. The summed E-state index contributed by atoms with van der Waals surface area (Å²) in [5.41, 5.74) is 1.13. The molecule has 4 heteroatoms. The molecule has 1 heterocycles. The number of hydrogen-bond donors (Lipinski definition) is 2. The summed E-state index contributed by atoms with van der Waals surface area (Å²) in [6.07, 6.45) is 3.86. The van der Waals surface area contributed by atoms with Crippen molar-refractivity contribution in [2.75, 3.05) is 13.7 Å². The van der Waals surface area contributed by atoms with Crippen LogP contribution in [0.15, 0.2) is 22.7 Å². The smallest absolute Gasteiger partial charge is 0.133 e. The Labute approximate surface area is 117 Å². The van der Waals surface area contributed by atoms with Crippen molar-refractivity contribution in [2.24, 2.45) is 0 Å². The summed E-state index contributed by atoms with van der Waals surface area (Å²) in [4.78, 5) is 0. The highest BCUT2D eigenvalue weighted by molar-refractivity contribution is 9.10. The fraction of sp³-hybridized carbons (Fsp3) is 0.571. The van der Waals surface area contributed by atoms with Crippen molar-refractivity contribution < 1.29 is 9.84 Å². The van der Waals surface area contributed by atoms with Crippen LogP contribution in [0.3, 0.4) is 0 Å². The number of halogens is 1. The van der Waals surface area contributed by atoms with Crippen molar-refractivity contribution in [3.05, 3.63) is 28.2 Å². The summed E-state index contributed by atoms with van der Waals surface area (Å²) in [5.74, 6) is 0.823. The van der Waals surface area contributed by atoms with Crippen LogP contribution < -0.4 is 10.1 Å². The first-order valence-electron chi connectivity index (χ1n) is 6.44. The molecule has 2 N–H and O–H groups in total. The average Bonchev–Trinajstić information content (AvgIpc) is 2.40. The molecule has 1 fully saturated rings. The third kappa shape index (κ3) is 3.46. The number of aliphatic hydroxyl groups is 1. The van der Waals surface area contributed by atoms with Gasteiger partial charge in [0.2, 0.25) is 0 Å². The monoisotopic (exact) mass is 313 g/mol. The Hall–Kier alpha value is -0.580. The Morgan fingerprint density at radius 1 is 1.50 bits per heavy atom. The van der Waals surface area contributed by atoms with Gasteiger partial charge in [0.05, 0.1) is 17.7 Å². The highest BCUT2D eigenvalue weighted by atomic mass is 79.9. The molecule has 1 saturated heterocycles. The maximum Gasteiger partial charge on any atom is 0.133 e. The number of methoxy groups -OCH3 is 1. The van der Waals surface area contributed by atoms with Crippen molar-refractivity contribution >= 4 is 15.9 Å². The topological polar surface area (TPSA) is 41.5 Å². The standard InChI is InChI=1S/C14H20BrNO2/c1-18-14-6-5-10(8-11(14)15)9-13(17)12-4-2-3-7-16-12/h5-6,8,12-13,16-17H,2-4,7,9H2,1H3. The van der Waals surface area contributed by atoms with Gasteiger partial charge in [-0.3, -0.25) is 0 Å². The zero-order valence-corrected chi connectivity index (χ0v) is 12.2. The molecule has 2 unspecified atom stereocenters. The summed E-state index contributed by atoms with van der Waals surface area (Å²) >= 11 is 3.47. The van der Waals surface area contributed by atoms with Crippen LogP contribution in [0.5, 0.6) is 5.75 Å². The van der Waals surface area contributed by atoms with Crippen LogP contribution in [-0.4, -0.2) is 30.9 Å². The highest BCUT2D eigenvalue weighted by Crippen LogP contribution is 2.26. The average molecular weight is 314 g/mol. The molecular formula is C14H20BrNO2. The maximum absolute atomic E-state index is 10.2. The number of piperidine rings is 1. The summed E-state index contributed by atoms with van der Waals surface area (Å²) in [7, 11) is 1.65. The minimum Gasteiger partial charge on any atom is -0.496 e. The molecule has 0 aliphatic carbocycles. The van der Waals surface area contributed by atoms with E-state index in [9.17, 15) is 5.11 Å². The summed E-state index contributed by atoms with van der Waals surface area (Å²) in [6.45, 7) is 1.02. The van der Waals surface area contributed by atoms with E-state index in [1.54, 1.807) is 7.11 Å². The number of ether oxygens (including phenoxy) is 1. The molecule has 0 bridgehead atoms. The normalized spacial score (nSPS) is 21.6. The molecular weight excluding hydrogens is 294 g/mol. The fourth-order valence-electron chi connectivity index (χ4n) is 2.43. The van der Waals surface area contributed by atoms with Gasteiger partial charge in [0.25, 0.3) is 0 Å². The van der Waals surface area contributed by atoms with Crippen LogP contribution in [0.25, 0.3) is 0 Å². The van der Waals surface area contributed by atoms with E-state index in [1.807, 2.05) is 18.2 Å². The van der Waals surface area contributed by atoms with E-state index < -0.39 is 0 Å². The molecule has 0 amide bonds. The Bertz CT molecular complexity index is 391. The molecule has 100 valence electrons. The van der Waals surface area contributed by atoms with E-state index >= 15 is 0 Å². The van der Waals surface area contributed by atoms with Gasteiger partial charge in [0.1, 0.15) is 5.75 Å². The number of nitrogens with one attached hydrogen (secondary N) is 1. The molecule has 0 aromatic heterocycles. The van der Waals surface area contributed by atoms with Crippen LogP contribution in [0, 0.1) is 0 Å². The lowest BCUT2D eigenvalue weighted by Gasteiger charge is -2.28. The molecule has 18 heavy (non-hydrogen) atoms. The van der Waals surface area contributed by atoms with Gasteiger partial charge in [-0.1, -0.05) is 12.5 Å². The SMILES string of the molecule is COc1ccc(CC(O)C2CCCCN2)cc1Br. The van der Waals surface area contributed by atoms with E-state index in [0.717, 1.165) is 28.8 Å². The number of benzene rings is 1. The Balaban J connectivity index is 1.97. The van der Waals surface area contributed by atoms with E-state index in [-0.39, 0.29) is 12.1 Å². The molecule has 2 atom stereocenters. The molecule has 0 radical (unpaired) electrons. The predicted molar refractivity (Wildman–Crippen MR) is 76.0 cm³/mol. The van der Waals surface area contributed by atoms with Gasteiger partial charge < -0.3 is 15.2 Å². The molecule has 1 aromatic rings. The zero-order valence-electron chi connectivity index (χ0n) is 10.7. The summed E-state index contributed by atoms with van der Waals surface area (Å²) in [5, 5.41) is 13.6. The van der Waals surface area contributed by atoms with E-state index in [2.05, 4.69) is 21.2 Å². The first-order valence-corrected chi connectivity index (χ1v) is 7.24. The van der Waals surface area contributed by atoms with Crippen molar-refractivity contribution in [3.8, 4) is 5.75 Å². The zero-order chi connectivity index (χ0) is 13.0. The minimum absolute atomic E-state index is 0.236. The Kier molecular flexibility index (Phi) is 5.03. The fourth-order valence-corrected chi connectivity index (χ4v) is 3.02. The molecule has 1 aliphatic rings. The lowest BCUT2D eigenvalue weighted by molar-refractivity contribution is 0.113. The van der Waals surface area contributed by atoms with E-state index in [4.69, 9.17) is 4.74 Å². The first-order chi connectivity index (χ1) is 8.70. The van der Waals surface area contributed by atoms with Crippen LogP contribution >= 0.6 is 15.9 Å². The Morgan fingerprint density at radius 3 is 2.94 bits per heavy atom. The molecule has 0 saturated carbocycles. The third-order valence-corrected chi connectivity index (χ3v) is 4.09. The number of rotatable bonds is 4. The Morgan fingerprint density at radius 2 is 2.33 bits per heavy atom. The summed E-state index contributed by atoms with van der Waals surface area (Å²) in [6, 6.07) is 6.20. The van der Waals surface area contributed by atoms with Crippen molar-refractivity contribution in [3.63, 3.8) is 0 Å². The largest absolute Gasteiger partial charge is 0.496 e. The van der Waals surface area contributed by atoms with Crippen molar-refractivity contribution in [1.29, 1.82) is 0 Å². The van der Waals surface area contributed by atoms with Gasteiger partial charge in [0, 0.05) is 6.04 Å². The maximum atomic E-state index is 10.2. The predicted octanol–water partition coefficient (Wildman–Crippen LogP) is 2.50. The van der Waals surface area contributed by atoms with Gasteiger partial charge in [0.15, 0.2) is 0 Å². The second kappa shape index (κ2) is 6.55. The number of aliphatic hydroxyl groups excluding tert-OH is 1. The van der Waals surface area contributed by atoms with Gasteiger partial charge in [-0.05, 0) is 59.4 Å². The highest BCUT2D eigenvalue weighted by Gasteiger charge is 2.21. The molecule has 3 nitrogen and oxygen atoms in total. The molecule has 1 aliphatic heterocycles. The lowest BCUT2D eigenvalue weighted by Crippen LogP contribution is -2.44. The second-order valence-corrected chi connectivity index (χ2v) is 5.65. The van der Waals surface area contributed by atoms with E-state index in [1.165, 1.54) is 12.8 Å². The van der Waals surface area contributed by atoms with Crippen LogP contribution in [-0.2, 0) is 6.42 Å². The minimum atomic E-state index is -0.314.